The van der Waals surface area contributed by atoms with Crippen LogP contribution >= 0.6 is 23.1 Å². The van der Waals surface area contributed by atoms with Crippen molar-refractivity contribution in [2.75, 3.05) is 12.3 Å². The maximum Gasteiger partial charge on any atom is 0.0300 e. The monoisotopic (exact) mass is 305 g/mol. The number of rotatable bonds is 6. The van der Waals surface area contributed by atoms with E-state index in [1.54, 1.807) is 0 Å². The lowest BCUT2D eigenvalue weighted by atomic mass is 9.95. The molecule has 1 N–H and O–H groups in total. The van der Waals surface area contributed by atoms with Gasteiger partial charge in [0.25, 0.3) is 0 Å². The summed E-state index contributed by atoms with van der Waals surface area (Å²) in [5, 5.41) is 3.53. The van der Waals surface area contributed by atoms with Crippen LogP contribution in [0.15, 0.2) is 47.4 Å². The lowest BCUT2D eigenvalue weighted by Crippen LogP contribution is -2.15. The summed E-state index contributed by atoms with van der Waals surface area (Å²) in [5.74, 6) is 1.11. The Labute approximate surface area is 130 Å². The first kappa shape index (κ1) is 15.6. The number of hydrogen-bond acceptors (Lipinski definition) is 3. The van der Waals surface area contributed by atoms with Crippen LogP contribution in [-0.2, 0) is 12.0 Å². The quantitative estimate of drug-likeness (QED) is 0.600. The van der Waals surface area contributed by atoms with E-state index in [1.807, 2.05) is 23.1 Å². The fourth-order valence-electron chi connectivity index (χ4n) is 1.85. The topological polar surface area (TPSA) is 12.0 Å². The van der Waals surface area contributed by atoms with E-state index in [0.717, 1.165) is 18.8 Å². The van der Waals surface area contributed by atoms with Crippen molar-refractivity contribution in [3.05, 3.63) is 52.2 Å². The first-order valence-corrected chi connectivity index (χ1v) is 8.84. The van der Waals surface area contributed by atoms with Crippen LogP contribution in [0.25, 0.3) is 0 Å². The predicted octanol–water partition coefficient (Wildman–Crippen LogP) is 4.93. The van der Waals surface area contributed by atoms with Crippen LogP contribution in [0.5, 0.6) is 0 Å². The van der Waals surface area contributed by atoms with Crippen molar-refractivity contribution in [1.82, 2.24) is 5.32 Å². The zero-order chi connectivity index (χ0) is 14.4. The Morgan fingerprint density at radius 2 is 1.80 bits per heavy atom. The molecular weight excluding hydrogens is 282 g/mol. The molecule has 2 rings (SSSR count). The van der Waals surface area contributed by atoms with E-state index in [9.17, 15) is 0 Å². The highest BCUT2D eigenvalue weighted by atomic mass is 32.2. The molecule has 0 aliphatic rings. The molecule has 0 atom stereocenters. The van der Waals surface area contributed by atoms with Crippen LogP contribution in [0.3, 0.4) is 0 Å². The van der Waals surface area contributed by atoms with Gasteiger partial charge in [0.2, 0.25) is 0 Å². The van der Waals surface area contributed by atoms with Gasteiger partial charge in [0, 0.05) is 33.5 Å². The number of benzene rings is 1. The van der Waals surface area contributed by atoms with Crippen molar-refractivity contribution < 1.29 is 0 Å². The third-order valence-corrected chi connectivity index (χ3v) is 5.52. The van der Waals surface area contributed by atoms with Gasteiger partial charge in [0.05, 0.1) is 0 Å². The molecule has 0 spiro atoms. The molecule has 2 aromatic rings. The zero-order valence-corrected chi connectivity index (χ0v) is 14.1. The maximum absolute atomic E-state index is 3.53. The SMILES string of the molecule is CC(C)(C)c1ccc(CNCCSc2ccccc2)s1. The minimum Gasteiger partial charge on any atom is -0.311 e. The van der Waals surface area contributed by atoms with Gasteiger partial charge < -0.3 is 5.32 Å². The molecule has 1 nitrogen and oxygen atoms in total. The second-order valence-electron chi connectivity index (χ2n) is 5.85. The minimum atomic E-state index is 0.270. The van der Waals surface area contributed by atoms with E-state index in [4.69, 9.17) is 0 Å². The van der Waals surface area contributed by atoms with Gasteiger partial charge in [-0.1, -0.05) is 39.0 Å². The van der Waals surface area contributed by atoms with Crippen LogP contribution < -0.4 is 5.32 Å². The lowest BCUT2D eigenvalue weighted by Gasteiger charge is -2.15. The standard InChI is InChI=1S/C17H23NS2/c1-17(2,3)16-10-9-15(20-16)13-18-11-12-19-14-7-5-4-6-8-14/h4-10,18H,11-13H2,1-3H3. The molecule has 0 aliphatic carbocycles. The zero-order valence-electron chi connectivity index (χ0n) is 12.5. The Morgan fingerprint density at radius 1 is 1.05 bits per heavy atom. The Balaban J connectivity index is 1.67. The summed E-state index contributed by atoms with van der Waals surface area (Å²) < 4.78 is 0. The molecule has 0 saturated heterocycles. The predicted molar refractivity (Wildman–Crippen MR) is 91.9 cm³/mol. The summed E-state index contributed by atoms with van der Waals surface area (Å²) in [6.45, 7) is 8.84. The van der Waals surface area contributed by atoms with E-state index in [1.165, 1.54) is 14.6 Å². The van der Waals surface area contributed by atoms with Crippen LogP contribution in [0, 0.1) is 0 Å². The van der Waals surface area contributed by atoms with Gasteiger partial charge in [-0.25, -0.2) is 0 Å². The minimum absolute atomic E-state index is 0.270. The fourth-order valence-corrected chi connectivity index (χ4v) is 3.71. The molecule has 0 fully saturated rings. The summed E-state index contributed by atoms with van der Waals surface area (Å²) in [4.78, 5) is 4.24. The van der Waals surface area contributed by atoms with Crippen LogP contribution in [0.1, 0.15) is 30.5 Å². The van der Waals surface area contributed by atoms with Gasteiger partial charge in [0.15, 0.2) is 0 Å². The van der Waals surface area contributed by atoms with E-state index in [0.29, 0.717) is 0 Å². The Morgan fingerprint density at radius 3 is 2.45 bits per heavy atom. The van der Waals surface area contributed by atoms with Crippen molar-refractivity contribution >= 4 is 23.1 Å². The summed E-state index contributed by atoms with van der Waals surface area (Å²) in [6.07, 6.45) is 0. The maximum atomic E-state index is 3.53. The van der Waals surface area contributed by atoms with E-state index in [-0.39, 0.29) is 5.41 Å². The van der Waals surface area contributed by atoms with Gasteiger partial charge in [0.1, 0.15) is 0 Å². The summed E-state index contributed by atoms with van der Waals surface area (Å²) in [5.41, 5.74) is 0.270. The van der Waals surface area contributed by atoms with Gasteiger partial charge in [-0.3, -0.25) is 0 Å². The van der Waals surface area contributed by atoms with Crippen LogP contribution in [0.4, 0.5) is 0 Å². The Kier molecular flexibility index (Phi) is 5.70. The molecule has 0 radical (unpaired) electrons. The highest BCUT2D eigenvalue weighted by Gasteiger charge is 2.15. The Bertz CT molecular complexity index is 511. The van der Waals surface area contributed by atoms with E-state index >= 15 is 0 Å². The largest absolute Gasteiger partial charge is 0.311 e. The average Bonchev–Trinajstić information content (AvgIpc) is 2.88. The van der Waals surface area contributed by atoms with E-state index < -0.39 is 0 Å². The molecule has 3 heteroatoms. The van der Waals surface area contributed by atoms with E-state index in [2.05, 4.69) is 68.6 Å². The molecule has 0 amide bonds. The average molecular weight is 306 g/mol. The van der Waals surface area contributed by atoms with Gasteiger partial charge in [-0.05, 0) is 29.7 Å². The summed E-state index contributed by atoms with van der Waals surface area (Å²) in [6, 6.07) is 15.1. The first-order valence-electron chi connectivity index (χ1n) is 7.03. The van der Waals surface area contributed by atoms with Gasteiger partial charge in [-0.15, -0.1) is 23.1 Å². The molecule has 0 saturated carbocycles. The smallest absolute Gasteiger partial charge is 0.0300 e. The number of thioether (sulfide) groups is 1. The molecule has 1 aromatic heterocycles. The van der Waals surface area contributed by atoms with Crippen molar-refractivity contribution in [2.24, 2.45) is 0 Å². The third-order valence-electron chi connectivity index (χ3n) is 2.99. The fraction of sp³-hybridized carbons (Fsp3) is 0.412. The first-order chi connectivity index (χ1) is 9.55. The van der Waals surface area contributed by atoms with Gasteiger partial charge >= 0.3 is 0 Å². The normalized spacial score (nSPS) is 11.8. The molecule has 20 heavy (non-hydrogen) atoms. The molecular formula is C17H23NS2. The van der Waals surface area contributed by atoms with Crippen LogP contribution in [0.2, 0.25) is 0 Å². The van der Waals surface area contributed by atoms with Crippen LogP contribution in [-0.4, -0.2) is 12.3 Å². The molecule has 0 unspecified atom stereocenters. The number of thiophene rings is 1. The highest BCUT2D eigenvalue weighted by Crippen LogP contribution is 2.29. The lowest BCUT2D eigenvalue weighted by molar-refractivity contribution is 0.604. The second-order valence-corrected chi connectivity index (χ2v) is 8.19. The van der Waals surface area contributed by atoms with Crippen molar-refractivity contribution in [3.8, 4) is 0 Å². The van der Waals surface area contributed by atoms with Crippen molar-refractivity contribution in [2.45, 2.75) is 37.6 Å². The molecule has 0 aliphatic heterocycles. The number of nitrogens with one attached hydrogen (secondary N) is 1. The second kappa shape index (κ2) is 7.30. The molecule has 1 heterocycles. The van der Waals surface area contributed by atoms with Crippen molar-refractivity contribution in [1.29, 1.82) is 0 Å². The molecule has 0 bridgehead atoms. The highest BCUT2D eigenvalue weighted by molar-refractivity contribution is 7.99. The number of hydrogen-bond donors (Lipinski definition) is 1. The Hall–Kier alpha value is -0.770. The third kappa shape index (κ3) is 4.97. The van der Waals surface area contributed by atoms with Gasteiger partial charge in [-0.2, -0.15) is 0 Å². The van der Waals surface area contributed by atoms with Crippen molar-refractivity contribution in [3.63, 3.8) is 0 Å². The molecule has 1 aromatic carbocycles. The summed E-state index contributed by atoms with van der Waals surface area (Å²) >= 11 is 3.83. The summed E-state index contributed by atoms with van der Waals surface area (Å²) in [7, 11) is 0. The molecule has 108 valence electrons.